The summed E-state index contributed by atoms with van der Waals surface area (Å²) in [5.74, 6) is 0.750. The van der Waals surface area contributed by atoms with Gasteiger partial charge in [-0.25, -0.2) is 0 Å². The highest BCUT2D eigenvalue weighted by molar-refractivity contribution is 4.80. The topological polar surface area (TPSA) is 18.5 Å². The molecule has 0 amide bonds. The molecule has 0 radical (unpaired) electrons. The zero-order valence-corrected chi connectivity index (χ0v) is 13.1. The molecule has 3 nitrogen and oxygen atoms in total. The number of piperazine rings is 1. The molecule has 1 aliphatic heterocycles. The van der Waals surface area contributed by atoms with Gasteiger partial charge >= 0.3 is 0 Å². The Morgan fingerprint density at radius 3 is 2.56 bits per heavy atom. The molecular weight excluding hydrogens is 222 g/mol. The summed E-state index contributed by atoms with van der Waals surface area (Å²) in [4.78, 5) is 5.07. The first-order valence-corrected chi connectivity index (χ1v) is 7.66. The third-order valence-electron chi connectivity index (χ3n) is 4.21. The van der Waals surface area contributed by atoms with Gasteiger partial charge in [0, 0.05) is 31.7 Å². The second-order valence-corrected chi connectivity index (χ2v) is 6.39. The lowest BCUT2D eigenvalue weighted by atomic mass is 10.0. The highest BCUT2D eigenvalue weighted by Gasteiger charge is 2.20. The van der Waals surface area contributed by atoms with E-state index < -0.39 is 0 Å². The van der Waals surface area contributed by atoms with Crippen LogP contribution in [0.1, 0.15) is 40.5 Å². The van der Waals surface area contributed by atoms with E-state index in [0.717, 1.165) is 12.5 Å². The van der Waals surface area contributed by atoms with Crippen LogP contribution in [0.15, 0.2) is 0 Å². The molecular formula is C15H33N3. The lowest BCUT2D eigenvalue weighted by Gasteiger charge is -2.35. The fourth-order valence-electron chi connectivity index (χ4n) is 2.45. The molecule has 1 heterocycles. The third kappa shape index (κ3) is 5.68. The second kappa shape index (κ2) is 8.13. The number of nitrogens with zero attached hydrogens (tertiary/aromatic N) is 2. The summed E-state index contributed by atoms with van der Waals surface area (Å²) in [5, 5.41) is 3.62. The Labute approximate surface area is 114 Å². The number of unbranched alkanes of at least 4 members (excludes halogenated alkanes) is 1. The van der Waals surface area contributed by atoms with Crippen LogP contribution >= 0.6 is 0 Å². The number of nitrogens with one attached hydrogen (secondary N) is 1. The van der Waals surface area contributed by atoms with E-state index in [0.29, 0.717) is 12.1 Å². The van der Waals surface area contributed by atoms with Gasteiger partial charge in [-0.15, -0.1) is 0 Å². The van der Waals surface area contributed by atoms with E-state index in [-0.39, 0.29) is 0 Å². The molecule has 1 fully saturated rings. The molecule has 18 heavy (non-hydrogen) atoms. The SMILES string of the molecule is CC(C)C1CN(CCCCN(C)C(C)C)CCN1. The van der Waals surface area contributed by atoms with Crippen LogP contribution in [-0.2, 0) is 0 Å². The number of rotatable bonds is 7. The monoisotopic (exact) mass is 255 g/mol. The molecule has 1 aliphatic rings. The van der Waals surface area contributed by atoms with Crippen molar-refractivity contribution in [3.05, 3.63) is 0 Å². The summed E-state index contributed by atoms with van der Waals surface area (Å²) in [6.45, 7) is 15.3. The zero-order chi connectivity index (χ0) is 13.5. The second-order valence-electron chi connectivity index (χ2n) is 6.39. The van der Waals surface area contributed by atoms with Gasteiger partial charge in [0.15, 0.2) is 0 Å². The van der Waals surface area contributed by atoms with E-state index in [4.69, 9.17) is 0 Å². The first-order valence-electron chi connectivity index (χ1n) is 7.66. The first kappa shape index (κ1) is 15.9. The molecule has 108 valence electrons. The Hall–Kier alpha value is -0.120. The van der Waals surface area contributed by atoms with Gasteiger partial charge in [0.2, 0.25) is 0 Å². The van der Waals surface area contributed by atoms with Crippen molar-refractivity contribution in [1.29, 1.82) is 0 Å². The van der Waals surface area contributed by atoms with E-state index >= 15 is 0 Å². The summed E-state index contributed by atoms with van der Waals surface area (Å²) in [5.41, 5.74) is 0. The van der Waals surface area contributed by atoms with Gasteiger partial charge in [-0.2, -0.15) is 0 Å². The average molecular weight is 255 g/mol. The van der Waals surface area contributed by atoms with E-state index in [1.807, 2.05) is 0 Å². The van der Waals surface area contributed by atoms with Crippen molar-refractivity contribution in [2.45, 2.75) is 52.6 Å². The molecule has 1 N–H and O–H groups in total. The Morgan fingerprint density at radius 2 is 1.94 bits per heavy atom. The molecule has 0 aromatic heterocycles. The van der Waals surface area contributed by atoms with E-state index in [1.54, 1.807) is 0 Å². The van der Waals surface area contributed by atoms with Gasteiger partial charge in [0.1, 0.15) is 0 Å². The molecule has 0 bridgehead atoms. The van der Waals surface area contributed by atoms with Gasteiger partial charge in [-0.3, -0.25) is 0 Å². The van der Waals surface area contributed by atoms with Crippen LogP contribution in [0.5, 0.6) is 0 Å². The molecule has 3 heteroatoms. The minimum Gasteiger partial charge on any atom is -0.311 e. The Kier molecular flexibility index (Phi) is 7.20. The van der Waals surface area contributed by atoms with Crippen LogP contribution in [0, 0.1) is 5.92 Å². The van der Waals surface area contributed by atoms with Gasteiger partial charge in [-0.1, -0.05) is 13.8 Å². The van der Waals surface area contributed by atoms with Crippen molar-refractivity contribution in [2.75, 3.05) is 39.8 Å². The Bertz CT molecular complexity index is 216. The molecule has 0 aliphatic carbocycles. The van der Waals surface area contributed by atoms with Crippen molar-refractivity contribution in [3.63, 3.8) is 0 Å². The molecule has 1 atom stereocenters. The minimum absolute atomic E-state index is 0.675. The van der Waals surface area contributed by atoms with Crippen molar-refractivity contribution in [3.8, 4) is 0 Å². The number of hydrogen-bond acceptors (Lipinski definition) is 3. The fourth-order valence-corrected chi connectivity index (χ4v) is 2.45. The quantitative estimate of drug-likeness (QED) is 0.702. The van der Waals surface area contributed by atoms with E-state index in [2.05, 4.69) is 49.9 Å². The molecule has 1 rings (SSSR count). The molecule has 0 saturated carbocycles. The summed E-state index contributed by atoms with van der Waals surface area (Å²) in [6, 6.07) is 1.37. The maximum absolute atomic E-state index is 3.62. The Balaban J connectivity index is 2.12. The largest absolute Gasteiger partial charge is 0.311 e. The van der Waals surface area contributed by atoms with E-state index in [9.17, 15) is 0 Å². The maximum atomic E-state index is 3.62. The summed E-state index contributed by atoms with van der Waals surface area (Å²) in [6.07, 6.45) is 2.66. The maximum Gasteiger partial charge on any atom is 0.0218 e. The molecule has 0 spiro atoms. The van der Waals surface area contributed by atoms with Crippen LogP contribution in [0.3, 0.4) is 0 Å². The summed E-state index contributed by atoms with van der Waals surface area (Å²) < 4.78 is 0. The van der Waals surface area contributed by atoms with Crippen LogP contribution < -0.4 is 5.32 Å². The minimum atomic E-state index is 0.675. The zero-order valence-electron chi connectivity index (χ0n) is 13.1. The van der Waals surface area contributed by atoms with Crippen molar-refractivity contribution in [2.24, 2.45) is 5.92 Å². The Morgan fingerprint density at radius 1 is 1.22 bits per heavy atom. The predicted molar refractivity (Wildman–Crippen MR) is 80.1 cm³/mol. The standard InChI is InChI=1S/C15H33N3/c1-13(2)15-12-18(11-8-16-15)10-7-6-9-17(5)14(3)4/h13-16H,6-12H2,1-5H3. The van der Waals surface area contributed by atoms with E-state index in [1.165, 1.54) is 39.0 Å². The van der Waals surface area contributed by atoms with Crippen molar-refractivity contribution in [1.82, 2.24) is 15.1 Å². The summed E-state index contributed by atoms with van der Waals surface area (Å²) in [7, 11) is 2.23. The van der Waals surface area contributed by atoms with Crippen LogP contribution in [0.25, 0.3) is 0 Å². The average Bonchev–Trinajstić information content (AvgIpc) is 2.34. The van der Waals surface area contributed by atoms with Crippen molar-refractivity contribution >= 4 is 0 Å². The smallest absolute Gasteiger partial charge is 0.0218 e. The molecule has 0 aromatic rings. The van der Waals surface area contributed by atoms with Gasteiger partial charge in [0.25, 0.3) is 0 Å². The van der Waals surface area contributed by atoms with Gasteiger partial charge < -0.3 is 15.1 Å². The first-order chi connectivity index (χ1) is 8.50. The van der Waals surface area contributed by atoms with Crippen LogP contribution in [-0.4, -0.2) is 61.7 Å². The highest BCUT2D eigenvalue weighted by Crippen LogP contribution is 2.09. The third-order valence-corrected chi connectivity index (χ3v) is 4.21. The van der Waals surface area contributed by atoms with Crippen LogP contribution in [0.2, 0.25) is 0 Å². The number of hydrogen-bond donors (Lipinski definition) is 1. The molecule has 1 saturated heterocycles. The van der Waals surface area contributed by atoms with Gasteiger partial charge in [-0.05, 0) is 52.7 Å². The van der Waals surface area contributed by atoms with Crippen molar-refractivity contribution < 1.29 is 0 Å². The fraction of sp³-hybridized carbons (Fsp3) is 1.00. The molecule has 1 unspecified atom stereocenters. The molecule has 0 aromatic carbocycles. The lowest BCUT2D eigenvalue weighted by molar-refractivity contribution is 0.169. The predicted octanol–water partition coefficient (Wildman–Crippen LogP) is 2.04. The summed E-state index contributed by atoms with van der Waals surface area (Å²) >= 11 is 0. The van der Waals surface area contributed by atoms with Gasteiger partial charge in [0.05, 0.1) is 0 Å². The van der Waals surface area contributed by atoms with Crippen LogP contribution in [0.4, 0.5) is 0 Å². The highest BCUT2D eigenvalue weighted by atomic mass is 15.2. The lowest BCUT2D eigenvalue weighted by Crippen LogP contribution is -2.52. The normalized spacial score (nSPS) is 22.3.